The molecule has 1 aromatic carbocycles. The molecule has 6 nitrogen and oxygen atoms in total. The van der Waals surface area contributed by atoms with Gasteiger partial charge in [-0.05, 0) is 50.5 Å². The molecule has 2 fully saturated rings. The number of carbonyl (C=O) groups excluding carboxylic acids is 1. The van der Waals surface area contributed by atoms with Gasteiger partial charge in [0.15, 0.2) is 0 Å². The number of carbonyl (C=O) groups is 1. The van der Waals surface area contributed by atoms with Crippen molar-refractivity contribution >= 4 is 5.91 Å². The molecule has 0 bridgehead atoms. The molecule has 0 aliphatic carbocycles. The maximum atomic E-state index is 13.2. The molecule has 0 N–H and O–H groups in total. The number of ether oxygens (including phenoxy) is 1. The number of benzene rings is 1. The van der Waals surface area contributed by atoms with Gasteiger partial charge in [-0.1, -0.05) is 12.1 Å². The van der Waals surface area contributed by atoms with Gasteiger partial charge in [0.2, 0.25) is 0 Å². The normalized spacial score (nSPS) is 20.6. The van der Waals surface area contributed by atoms with Gasteiger partial charge in [0.1, 0.15) is 0 Å². The second-order valence-electron chi connectivity index (χ2n) is 7.99. The van der Waals surface area contributed by atoms with Crippen molar-refractivity contribution in [3.63, 3.8) is 0 Å². The predicted octanol–water partition coefficient (Wildman–Crippen LogP) is 2.49. The number of aryl methyl sites for hydroxylation is 2. The fourth-order valence-corrected chi connectivity index (χ4v) is 4.35. The van der Waals surface area contributed by atoms with Crippen LogP contribution in [0, 0.1) is 13.8 Å². The highest BCUT2D eigenvalue weighted by atomic mass is 16.5. The van der Waals surface area contributed by atoms with E-state index < -0.39 is 0 Å². The molecule has 0 saturated carbocycles. The summed E-state index contributed by atoms with van der Waals surface area (Å²) in [5.74, 6) is 0.158. The SMILES string of the molecule is Cc1cc(C)n(Cc2cccc(C(=O)N3CCC[C@H]3CN3CCOCC3)c2)n1. The van der Waals surface area contributed by atoms with E-state index in [9.17, 15) is 4.79 Å². The van der Waals surface area contributed by atoms with E-state index in [4.69, 9.17) is 4.74 Å². The molecule has 6 heteroatoms. The minimum Gasteiger partial charge on any atom is -0.379 e. The number of rotatable bonds is 5. The first-order valence-corrected chi connectivity index (χ1v) is 10.3. The van der Waals surface area contributed by atoms with E-state index in [2.05, 4.69) is 34.0 Å². The molecule has 0 unspecified atom stereocenters. The smallest absolute Gasteiger partial charge is 0.254 e. The maximum absolute atomic E-state index is 13.2. The quantitative estimate of drug-likeness (QED) is 0.797. The summed E-state index contributed by atoms with van der Waals surface area (Å²) < 4.78 is 7.45. The highest BCUT2D eigenvalue weighted by molar-refractivity contribution is 5.94. The Bertz CT molecular complexity index is 826. The summed E-state index contributed by atoms with van der Waals surface area (Å²) >= 11 is 0. The van der Waals surface area contributed by atoms with Crippen LogP contribution in [0.2, 0.25) is 0 Å². The zero-order valence-electron chi connectivity index (χ0n) is 16.9. The number of likely N-dealkylation sites (tertiary alicyclic amines) is 1. The Labute approximate surface area is 167 Å². The third kappa shape index (κ3) is 4.28. The van der Waals surface area contributed by atoms with E-state index in [1.54, 1.807) is 0 Å². The summed E-state index contributed by atoms with van der Waals surface area (Å²) in [7, 11) is 0. The second kappa shape index (κ2) is 8.45. The first kappa shape index (κ1) is 19.2. The van der Waals surface area contributed by atoms with Crippen molar-refractivity contribution in [2.75, 3.05) is 39.4 Å². The summed E-state index contributed by atoms with van der Waals surface area (Å²) in [5, 5.41) is 4.54. The molecule has 28 heavy (non-hydrogen) atoms. The number of hydrogen-bond acceptors (Lipinski definition) is 4. The largest absolute Gasteiger partial charge is 0.379 e. The molecule has 2 aromatic rings. The van der Waals surface area contributed by atoms with Gasteiger partial charge in [0, 0.05) is 43.5 Å². The number of aromatic nitrogens is 2. The van der Waals surface area contributed by atoms with E-state index in [1.165, 1.54) is 0 Å². The number of morpholine rings is 1. The van der Waals surface area contributed by atoms with Crippen LogP contribution in [-0.4, -0.2) is 70.9 Å². The first-order chi connectivity index (χ1) is 13.6. The summed E-state index contributed by atoms with van der Waals surface area (Å²) in [4.78, 5) is 17.7. The van der Waals surface area contributed by atoms with Crippen molar-refractivity contribution in [2.24, 2.45) is 0 Å². The lowest BCUT2D eigenvalue weighted by molar-refractivity contribution is 0.0261. The van der Waals surface area contributed by atoms with Gasteiger partial charge in [-0.25, -0.2) is 0 Å². The van der Waals surface area contributed by atoms with E-state index in [-0.39, 0.29) is 5.91 Å². The van der Waals surface area contributed by atoms with Gasteiger partial charge in [-0.2, -0.15) is 5.10 Å². The van der Waals surface area contributed by atoms with Gasteiger partial charge in [-0.3, -0.25) is 14.4 Å². The van der Waals surface area contributed by atoms with E-state index in [1.807, 2.05) is 29.8 Å². The lowest BCUT2D eigenvalue weighted by Crippen LogP contribution is -2.46. The highest BCUT2D eigenvalue weighted by Gasteiger charge is 2.31. The molecule has 0 spiro atoms. The Balaban J connectivity index is 1.45. The van der Waals surface area contributed by atoms with Crippen LogP contribution in [0.3, 0.4) is 0 Å². The Hall–Kier alpha value is -2.18. The molecular formula is C22H30N4O2. The van der Waals surface area contributed by atoms with Gasteiger partial charge in [-0.15, -0.1) is 0 Å². The topological polar surface area (TPSA) is 50.6 Å². The Kier molecular flexibility index (Phi) is 5.78. The van der Waals surface area contributed by atoms with Crippen LogP contribution in [-0.2, 0) is 11.3 Å². The minimum atomic E-state index is 0.158. The lowest BCUT2D eigenvalue weighted by Gasteiger charge is -2.33. The van der Waals surface area contributed by atoms with Gasteiger partial charge >= 0.3 is 0 Å². The van der Waals surface area contributed by atoms with Crippen molar-refractivity contribution in [3.8, 4) is 0 Å². The van der Waals surface area contributed by atoms with E-state index in [0.717, 1.165) is 74.7 Å². The molecule has 1 aromatic heterocycles. The first-order valence-electron chi connectivity index (χ1n) is 10.3. The van der Waals surface area contributed by atoms with Gasteiger partial charge in [0.05, 0.1) is 25.5 Å². The van der Waals surface area contributed by atoms with Crippen LogP contribution in [0.4, 0.5) is 0 Å². The second-order valence-corrected chi connectivity index (χ2v) is 7.99. The molecular weight excluding hydrogens is 352 g/mol. The fraction of sp³-hybridized carbons (Fsp3) is 0.545. The number of amides is 1. The van der Waals surface area contributed by atoms with Crippen LogP contribution < -0.4 is 0 Å². The molecule has 3 heterocycles. The lowest BCUT2D eigenvalue weighted by atomic mass is 10.1. The Morgan fingerprint density at radius 2 is 2.00 bits per heavy atom. The average molecular weight is 383 g/mol. The van der Waals surface area contributed by atoms with Crippen molar-refractivity contribution in [2.45, 2.75) is 39.3 Å². The highest BCUT2D eigenvalue weighted by Crippen LogP contribution is 2.22. The molecule has 2 aliphatic heterocycles. The Morgan fingerprint density at radius 3 is 2.75 bits per heavy atom. The standard InChI is InChI=1S/C22H30N4O2/c1-17-13-18(2)26(23-17)15-19-5-3-6-20(14-19)22(27)25-8-4-7-21(25)16-24-9-11-28-12-10-24/h3,5-6,13-14,21H,4,7-12,15-16H2,1-2H3/t21-/m0/s1. The third-order valence-electron chi connectivity index (χ3n) is 5.82. The van der Waals surface area contributed by atoms with Crippen molar-refractivity contribution in [1.29, 1.82) is 0 Å². The summed E-state index contributed by atoms with van der Waals surface area (Å²) in [6.45, 7) is 10.1. The zero-order valence-corrected chi connectivity index (χ0v) is 16.9. The predicted molar refractivity (Wildman–Crippen MR) is 109 cm³/mol. The van der Waals surface area contributed by atoms with Crippen LogP contribution in [0.1, 0.15) is 40.2 Å². The van der Waals surface area contributed by atoms with Crippen molar-refractivity contribution in [3.05, 3.63) is 52.8 Å². The van der Waals surface area contributed by atoms with Crippen molar-refractivity contribution in [1.82, 2.24) is 19.6 Å². The molecule has 2 aliphatic rings. The molecule has 4 rings (SSSR count). The van der Waals surface area contributed by atoms with Crippen LogP contribution in [0.5, 0.6) is 0 Å². The zero-order chi connectivity index (χ0) is 19.5. The molecule has 150 valence electrons. The number of nitrogens with zero attached hydrogens (tertiary/aromatic N) is 4. The number of hydrogen-bond donors (Lipinski definition) is 0. The molecule has 1 atom stereocenters. The van der Waals surface area contributed by atoms with Gasteiger partial charge < -0.3 is 9.64 Å². The van der Waals surface area contributed by atoms with Gasteiger partial charge in [0.25, 0.3) is 5.91 Å². The fourth-order valence-electron chi connectivity index (χ4n) is 4.35. The monoisotopic (exact) mass is 382 g/mol. The average Bonchev–Trinajstić information content (AvgIpc) is 3.28. The van der Waals surface area contributed by atoms with E-state index in [0.29, 0.717) is 12.6 Å². The van der Waals surface area contributed by atoms with Crippen molar-refractivity contribution < 1.29 is 9.53 Å². The minimum absolute atomic E-state index is 0.158. The summed E-state index contributed by atoms with van der Waals surface area (Å²) in [5.41, 5.74) is 4.06. The molecule has 0 radical (unpaired) electrons. The molecule has 1 amide bonds. The summed E-state index contributed by atoms with van der Waals surface area (Å²) in [6, 6.07) is 10.4. The third-order valence-corrected chi connectivity index (χ3v) is 5.82. The van der Waals surface area contributed by atoms with Crippen LogP contribution in [0.25, 0.3) is 0 Å². The Morgan fingerprint density at radius 1 is 1.18 bits per heavy atom. The maximum Gasteiger partial charge on any atom is 0.254 e. The van der Waals surface area contributed by atoms with Crippen LogP contribution >= 0.6 is 0 Å². The summed E-state index contributed by atoms with van der Waals surface area (Å²) in [6.07, 6.45) is 2.18. The van der Waals surface area contributed by atoms with E-state index >= 15 is 0 Å². The van der Waals surface area contributed by atoms with Crippen LogP contribution in [0.15, 0.2) is 30.3 Å². The molecule has 2 saturated heterocycles.